The molecule has 1 saturated heterocycles. The van der Waals surface area contributed by atoms with E-state index in [4.69, 9.17) is 23.2 Å². The number of urea groups is 1. The van der Waals surface area contributed by atoms with Gasteiger partial charge < -0.3 is 15.5 Å². The van der Waals surface area contributed by atoms with E-state index in [-0.39, 0.29) is 11.9 Å². The van der Waals surface area contributed by atoms with Gasteiger partial charge in [-0.1, -0.05) is 47.5 Å². The number of nitrogens with one attached hydrogen (secondary N) is 2. The molecule has 0 saturated carbocycles. The van der Waals surface area contributed by atoms with Crippen LogP contribution < -0.4 is 10.6 Å². The van der Waals surface area contributed by atoms with Crippen LogP contribution in [0.15, 0.2) is 55.1 Å². The van der Waals surface area contributed by atoms with E-state index in [1.165, 1.54) is 5.56 Å². The Bertz CT molecular complexity index is 887. The third-order valence-corrected chi connectivity index (χ3v) is 5.85. The number of likely N-dealkylation sites (tertiary alicyclic amines) is 1. The normalized spacial score (nSPS) is 14.3. The number of amides is 3. The number of piperidine rings is 1. The summed E-state index contributed by atoms with van der Waals surface area (Å²) in [7, 11) is 0. The average Bonchev–Trinajstić information content (AvgIpc) is 2.75. The van der Waals surface area contributed by atoms with Crippen molar-refractivity contribution in [1.29, 1.82) is 0 Å². The highest BCUT2D eigenvalue weighted by molar-refractivity contribution is 6.39. The predicted molar refractivity (Wildman–Crippen MR) is 124 cm³/mol. The first-order valence-electron chi connectivity index (χ1n) is 9.98. The summed E-state index contributed by atoms with van der Waals surface area (Å²) in [5, 5.41) is 6.55. The molecule has 1 fully saturated rings. The summed E-state index contributed by atoms with van der Waals surface area (Å²) < 4.78 is 0. The highest BCUT2D eigenvalue weighted by Gasteiger charge is 2.24. The van der Waals surface area contributed by atoms with Gasteiger partial charge in [-0.25, -0.2) is 4.79 Å². The number of hydrogen-bond acceptors (Lipinski definition) is 2. The Morgan fingerprint density at radius 1 is 1.03 bits per heavy atom. The minimum Gasteiger partial charge on any atom is -0.326 e. The lowest BCUT2D eigenvalue weighted by Crippen LogP contribution is -2.40. The molecule has 0 aromatic heterocycles. The first kappa shape index (κ1) is 22.2. The van der Waals surface area contributed by atoms with Crippen LogP contribution in [-0.2, 0) is 4.79 Å². The molecule has 2 N–H and O–H groups in total. The van der Waals surface area contributed by atoms with E-state index in [1.807, 2.05) is 24.3 Å². The lowest BCUT2D eigenvalue weighted by atomic mass is 9.89. The number of benzene rings is 2. The fourth-order valence-electron chi connectivity index (χ4n) is 3.51. The number of para-hydroxylation sites is 1. The topological polar surface area (TPSA) is 61.4 Å². The van der Waals surface area contributed by atoms with Gasteiger partial charge in [-0.15, -0.1) is 6.58 Å². The molecule has 5 nitrogen and oxygen atoms in total. The number of anilines is 2. The minimum atomic E-state index is -0.193. The van der Waals surface area contributed by atoms with Crippen molar-refractivity contribution in [2.24, 2.45) is 0 Å². The zero-order valence-corrected chi connectivity index (χ0v) is 18.2. The second kappa shape index (κ2) is 10.5. The van der Waals surface area contributed by atoms with Crippen molar-refractivity contribution >= 4 is 46.5 Å². The van der Waals surface area contributed by atoms with Crippen molar-refractivity contribution in [1.82, 2.24) is 4.90 Å². The summed E-state index contributed by atoms with van der Waals surface area (Å²) in [5.74, 6) is 0.365. The van der Waals surface area contributed by atoms with E-state index in [2.05, 4.69) is 17.2 Å². The molecule has 1 aliphatic heterocycles. The van der Waals surface area contributed by atoms with Crippen molar-refractivity contribution in [2.75, 3.05) is 23.7 Å². The van der Waals surface area contributed by atoms with Crippen LogP contribution >= 0.6 is 23.2 Å². The van der Waals surface area contributed by atoms with Crippen LogP contribution in [0.4, 0.5) is 16.2 Å². The van der Waals surface area contributed by atoms with E-state index < -0.39 is 0 Å². The Labute approximate surface area is 187 Å². The van der Waals surface area contributed by atoms with E-state index in [1.54, 1.807) is 29.2 Å². The van der Waals surface area contributed by atoms with E-state index >= 15 is 0 Å². The molecule has 158 valence electrons. The molecule has 0 spiro atoms. The maximum absolute atomic E-state index is 12.6. The Hall–Kier alpha value is -2.50. The fourth-order valence-corrected chi connectivity index (χ4v) is 4.01. The van der Waals surface area contributed by atoms with Crippen LogP contribution in [0.5, 0.6) is 0 Å². The van der Waals surface area contributed by atoms with Gasteiger partial charge in [-0.2, -0.15) is 0 Å². The SMILES string of the molecule is C=CCCC(=O)Nc1ccc(C2CCN(C(=O)Nc3c(Cl)cccc3Cl)CC2)cc1. The van der Waals surface area contributed by atoms with Crippen molar-refractivity contribution < 1.29 is 9.59 Å². The Morgan fingerprint density at radius 2 is 1.67 bits per heavy atom. The van der Waals surface area contributed by atoms with Crippen LogP contribution in [-0.4, -0.2) is 29.9 Å². The molecule has 0 atom stereocenters. The van der Waals surface area contributed by atoms with Crippen LogP contribution in [0.3, 0.4) is 0 Å². The van der Waals surface area contributed by atoms with E-state index in [9.17, 15) is 9.59 Å². The average molecular weight is 446 g/mol. The number of allylic oxidation sites excluding steroid dienone is 1. The number of carbonyl (C=O) groups is 2. The number of carbonyl (C=O) groups excluding carboxylic acids is 2. The van der Waals surface area contributed by atoms with Crippen LogP contribution in [0, 0.1) is 0 Å². The quantitative estimate of drug-likeness (QED) is 0.511. The fraction of sp³-hybridized carbons (Fsp3) is 0.304. The van der Waals surface area contributed by atoms with Gasteiger partial charge in [0.1, 0.15) is 0 Å². The maximum Gasteiger partial charge on any atom is 0.321 e. The van der Waals surface area contributed by atoms with Crippen LogP contribution in [0.2, 0.25) is 10.0 Å². The first-order valence-corrected chi connectivity index (χ1v) is 10.7. The Morgan fingerprint density at radius 3 is 2.27 bits per heavy atom. The molecule has 2 aromatic carbocycles. The van der Waals surface area contributed by atoms with Gasteiger partial charge in [-0.3, -0.25) is 4.79 Å². The van der Waals surface area contributed by atoms with Crippen LogP contribution in [0.25, 0.3) is 0 Å². The third-order valence-electron chi connectivity index (χ3n) is 5.22. The van der Waals surface area contributed by atoms with Crippen molar-refractivity contribution in [3.63, 3.8) is 0 Å². The van der Waals surface area contributed by atoms with Crippen LogP contribution in [0.1, 0.15) is 37.2 Å². The number of hydrogen-bond donors (Lipinski definition) is 2. The zero-order chi connectivity index (χ0) is 21.5. The highest BCUT2D eigenvalue weighted by Crippen LogP contribution is 2.32. The molecule has 7 heteroatoms. The smallest absolute Gasteiger partial charge is 0.321 e. The standard InChI is InChI=1S/C23H25Cl2N3O2/c1-2-3-7-21(29)26-18-10-8-16(9-11-18)17-12-14-28(15-13-17)23(30)27-22-19(24)5-4-6-20(22)25/h2,4-6,8-11,17H,1,3,7,12-15H2,(H,26,29)(H,27,30). The van der Waals surface area contributed by atoms with Crippen molar-refractivity contribution in [2.45, 2.75) is 31.6 Å². The third kappa shape index (κ3) is 5.77. The Kier molecular flexibility index (Phi) is 7.77. The summed E-state index contributed by atoms with van der Waals surface area (Å²) in [6, 6.07) is 12.9. The van der Waals surface area contributed by atoms with Crippen molar-refractivity contribution in [3.8, 4) is 0 Å². The monoisotopic (exact) mass is 445 g/mol. The molecule has 30 heavy (non-hydrogen) atoms. The summed E-state index contributed by atoms with van der Waals surface area (Å²) in [6.07, 6.45) is 4.58. The second-order valence-corrected chi connectivity index (χ2v) is 8.10. The van der Waals surface area contributed by atoms with E-state index in [0.29, 0.717) is 47.6 Å². The molecule has 2 aromatic rings. The van der Waals surface area contributed by atoms with Gasteiger partial charge in [0, 0.05) is 25.2 Å². The highest BCUT2D eigenvalue weighted by atomic mass is 35.5. The molecule has 3 rings (SSSR count). The maximum atomic E-state index is 12.6. The molecule has 0 radical (unpaired) electrons. The molecular weight excluding hydrogens is 421 g/mol. The first-order chi connectivity index (χ1) is 14.5. The Balaban J connectivity index is 1.52. The largest absolute Gasteiger partial charge is 0.326 e. The number of halogens is 2. The molecular formula is C23H25Cl2N3O2. The van der Waals surface area contributed by atoms with Gasteiger partial charge in [0.25, 0.3) is 0 Å². The molecule has 3 amide bonds. The van der Waals surface area contributed by atoms with E-state index in [0.717, 1.165) is 18.5 Å². The number of rotatable bonds is 6. The lowest BCUT2D eigenvalue weighted by Gasteiger charge is -2.32. The molecule has 1 aliphatic rings. The number of nitrogens with zero attached hydrogens (tertiary/aromatic N) is 1. The van der Waals surface area contributed by atoms with Gasteiger partial charge in [0.2, 0.25) is 5.91 Å². The summed E-state index contributed by atoms with van der Waals surface area (Å²) in [4.78, 5) is 26.2. The summed E-state index contributed by atoms with van der Waals surface area (Å²) in [6.45, 7) is 4.93. The van der Waals surface area contributed by atoms with Gasteiger partial charge in [0.15, 0.2) is 0 Å². The summed E-state index contributed by atoms with van der Waals surface area (Å²) in [5.41, 5.74) is 2.45. The lowest BCUT2D eigenvalue weighted by molar-refractivity contribution is -0.116. The molecule has 0 bridgehead atoms. The van der Waals surface area contributed by atoms with Gasteiger partial charge in [0.05, 0.1) is 15.7 Å². The summed E-state index contributed by atoms with van der Waals surface area (Å²) >= 11 is 12.3. The van der Waals surface area contributed by atoms with Crippen molar-refractivity contribution in [3.05, 3.63) is 70.7 Å². The molecule has 1 heterocycles. The van der Waals surface area contributed by atoms with Gasteiger partial charge >= 0.3 is 6.03 Å². The zero-order valence-electron chi connectivity index (χ0n) is 16.7. The minimum absolute atomic E-state index is 0.0133. The van der Waals surface area contributed by atoms with Gasteiger partial charge in [-0.05, 0) is 55.0 Å². The second-order valence-electron chi connectivity index (χ2n) is 7.29. The molecule has 0 unspecified atom stereocenters. The predicted octanol–water partition coefficient (Wildman–Crippen LogP) is 6.31. The molecule has 0 aliphatic carbocycles.